The lowest BCUT2D eigenvalue weighted by molar-refractivity contribution is -0.120. The lowest BCUT2D eigenvalue weighted by Gasteiger charge is -2.29. The molecular formula is C14H21N3OS. The Morgan fingerprint density at radius 3 is 2.47 bits per heavy atom. The van der Waals surface area contributed by atoms with E-state index in [2.05, 4.69) is 5.32 Å². The molecule has 0 aliphatic heterocycles. The normalized spacial score (nSPS) is 13.9. The highest BCUT2D eigenvalue weighted by Crippen LogP contribution is 2.10. The Kier molecular flexibility index (Phi) is 5.92. The molecule has 104 valence electrons. The molecule has 3 N–H and O–H groups in total. The Labute approximate surface area is 120 Å². The van der Waals surface area contributed by atoms with E-state index in [4.69, 9.17) is 18.0 Å². The fourth-order valence-corrected chi connectivity index (χ4v) is 2.01. The summed E-state index contributed by atoms with van der Waals surface area (Å²) in [6, 6.07) is 9.30. The van der Waals surface area contributed by atoms with Crippen LogP contribution in [0.25, 0.3) is 0 Å². The number of rotatable bonds is 6. The van der Waals surface area contributed by atoms with Crippen LogP contribution >= 0.6 is 12.2 Å². The molecule has 0 aromatic heterocycles. The van der Waals surface area contributed by atoms with Gasteiger partial charge in [0.25, 0.3) is 0 Å². The number of hydrogen-bond donors (Lipinski definition) is 2. The van der Waals surface area contributed by atoms with Crippen molar-refractivity contribution in [3.05, 3.63) is 30.3 Å². The zero-order chi connectivity index (χ0) is 14.4. The summed E-state index contributed by atoms with van der Waals surface area (Å²) >= 11 is 4.90. The molecule has 5 heteroatoms. The number of hydrogen-bond acceptors (Lipinski definition) is 3. The zero-order valence-electron chi connectivity index (χ0n) is 11.6. The number of carbonyl (C=O) groups excluding carboxylic acids is 1. The standard InChI is InChI=1S/C14H21N3OS/c1-10(9-13(15)19)17(3)11(2)14(18)16-12-7-5-4-6-8-12/h4-8,10-11H,9H2,1-3H3,(H2,15,19)(H,16,18). The van der Waals surface area contributed by atoms with E-state index in [9.17, 15) is 4.79 Å². The van der Waals surface area contributed by atoms with Crippen LogP contribution in [0.3, 0.4) is 0 Å². The first kappa shape index (κ1) is 15.6. The molecule has 2 atom stereocenters. The van der Waals surface area contributed by atoms with Crippen LogP contribution in [0.2, 0.25) is 0 Å². The lowest BCUT2D eigenvalue weighted by Crippen LogP contribution is -2.45. The topological polar surface area (TPSA) is 58.4 Å². The van der Waals surface area contributed by atoms with Crippen LogP contribution in [0.5, 0.6) is 0 Å². The molecule has 1 rings (SSSR count). The van der Waals surface area contributed by atoms with Crippen LogP contribution in [-0.4, -0.2) is 34.9 Å². The molecule has 0 saturated carbocycles. The first-order chi connectivity index (χ1) is 8.91. The van der Waals surface area contributed by atoms with E-state index >= 15 is 0 Å². The molecule has 1 aromatic carbocycles. The lowest BCUT2D eigenvalue weighted by atomic mass is 10.1. The number of nitrogens with one attached hydrogen (secondary N) is 1. The molecule has 0 bridgehead atoms. The van der Waals surface area contributed by atoms with Crippen LogP contribution in [-0.2, 0) is 4.79 Å². The summed E-state index contributed by atoms with van der Waals surface area (Å²) in [6.07, 6.45) is 0.606. The summed E-state index contributed by atoms with van der Waals surface area (Å²) in [5.41, 5.74) is 6.34. The van der Waals surface area contributed by atoms with E-state index in [1.807, 2.05) is 56.1 Å². The van der Waals surface area contributed by atoms with E-state index < -0.39 is 0 Å². The zero-order valence-corrected chi connectivity index (χ0v) is 12.4. The second-order valence-corrected chi connectivity index (χ2v) is 5.24. The number of benzene rings is 1. The Bertz CT molecular complexity index is 436. The van der Waals surface area contributed by atoms with Gasteiger partial charge in [-0.05, 0) is 33.0 Å². The van der Waals surface area contributed by atoms with E-state index in [1.165, 1.54) is 0 Å². The van der Waals surface area contributed by atoms with Crippen molar-refractivity contribution in [2.45, 2.75) is 32.4 Å². The summed E-state index contributed by atoms with van der Waals surface area (Å²) in [6.45, 7) is 3.87. The van der Waals surface area contributed by atoms with Gasteiger partial charge in [0.2, 0.25) is 5.91 Å². The smallest absolute Gasteiger partial charge is 0.241 e. The maximum absolute atomic E-state index is 12.1. The van der Waals surface area contributed by atoms with E-state index in [0.29, 0.717) is 11.4 Å². The van der Waals surface area contributed by atoms with Gasteiger partial charge >= 0.3 is 0 Å². The Balaban J connectivity index is 2.59. The second-order valence-electron chi connectivity index (χ2n) is 4.72. The van der Waals surface area contributed by atoms with Gasteiger partial charge in [-0.1, -0.05) is 30.4 Å². The summed E-state index contributed by atoms with van der Waals surface area (Å²) in [4.78, 5) is 14.6. The summed E-state index contributed by atoms with van der Waals surface area (Å²) in [7, 11) is 1.90. The SMILES string of the molecule is CC(CC(N)=S)N(C)C(C)C(=O)Nc1ccccc1. The first-order valence-corrected chi connectivity index (χ1v) is 6.68. The van der Waals surface area contributed by atoms with Gasteiger partial charge in [-0.3, -0.25) is 9.69 Å². The molecule has 2 unspecified atom stereocenters. The summed E-state index contributed by atoms with van der Waals surface area (Å²) < 4.78 is 0. The molecule has 19 heavy (non-hydrogen) atoms. The van der Waals surface area contributed by atoms with Crippen molar-refractivity contribution in [1.29, 1.82) is 0 Å². The van der Waals surface area contributed by atoms with Crippen LogP contribution < -0.4 is 11.1 Å². The fraction of sp³-hybridized carbons (Fsp3) is 0.429. The average molecular weight is 279 g/mol. The Morgan fingerprint density at radius 2 is 1.95 bits per heavy atom. The van der Waals surface area contributed by atoms with Crippen LogP contribution in [0.4, 0.5) is 5.69 Å². The van der Waals surface area contributed by atoms with Crippen molar-refractivity contribution in [1.82, 2.24) is 4.90 Å². The minimum Gasteiger partial charge on any atom is -0.393 e. The van der Waals surface area contributed by atoms with Gasteiger partial charge in [-0.25, -0.2) is 0 Å². The molecule has 0 fully saturated rings. The van der Waals surface area contributed by atoms with Crippen molar-refractivity contribution in [2.24, 2.45) is 5.73 Å². The number of nitrogens with zero attached hydrogens (tertiary/aromatic N) is 1. The maximum atomic E-state index is 12.1. The second kappa shape index (κ2) is 7.21. The Hall–Kier alpha value is -1.46. The molecule has 0 spiro atoms. The van der Waals surface area contributed by atoms with Gasteiger partial charge in [0.05, 0.1) is 11.0 Å². The molecule has 0 heterocycles. The van der Waals surface area contributed by atoms with Gasteiger partial charge < -0.3 is 11.1 Å². The number of thiocarbonyl (C=S) groups is 1. The minimum absolute atomic E-state index is 0.0384. The first-order valence-electron chi connectivity index (χ1n) is 6.28. The Morgan fingerprint density at radius 1 is 1.37 bits per heavy atom. The molecule has 1 aromatic rings. The largest absolute Gasteiger partial charge is 0.393 e. The van der Waals surface area contributed by atoms with E-state index in [0.717, 1.165) is 5.69 Å². The van der Waals surface area contributed by atoms with Gasteiger partial charge in [0.1, 0.15) is 0 Å². The molecular weight excluding hydrogens is 258 g/mol. The number of carbonyl (C=O) groups is 1. The van der Waals surface area contributed by atoms with Crippen LogP contribution in [0.15, 0.2) is 30.3 Å². The summed E-state index contributed by atoms with van der Waals surface area (Å²) in [5, 5.41) is 2.89. The minimum atomic E-state index is -0.246. The van der Waals surface area contributed by atoms with Crippen molar-refractivity contribution in [3.8, 4) is 0 Å². The molecule has 0 aliphatic rings. The predicted molar refractivity (Wildman–Crippen MR) is 83.2 cm³/mol. The van der Waals surface area contributed by atoms with Crippen molar-refractivity contribution >= 4 is 28.8 Å². The maximum Gasteiger partial charge on any atom is 0.241 e. The van der Waals surface area contributed by atoms with E-state index in [-0.39, 0.29) is 18.0 Å². The number of nitrogens with two attached hydrogens (primary N) is 1. The highest BCUT2D eigenvalue weighted by atomic mass is 32.1. The fourth-order valence-electron chi connectivity index (χ4n) is 1.77. The van der Waals surface area contributed by atoms with Crippen molar-refractivity contribution in [2.75, 3.05) is 12.4 Å². The quantitative estimate of drug-likeness (QED) is 0.782. The average Bonchev–Trinajstić information content (AvgIpc) is 2.37. The number of likely N-dealkylation sites (N-methyl/N-ethyl adjacent to an activating group) is 1. The predicted octanol–water partition coefficient (Wildman–Crippen LogP) is 2.01. The van der Waals surface area contributed by atoms with Crippen LogP contribution in [0.1, 0.15) is 20.3 Å². The van der Waals surface area contributed by atoms with Gasteiger partial charge in [-0.15, -0.1) is 0 Å². The monoisotopic (exact) mass is 279 g/mol. The number of amides is 1. The third kappa shape index (κ3) is 4.96. The molecule has 0 radical (unpaired) electrons. The molecule has 1 amide bonds. The number of para-hydroxylation sites is 1. The molecule has 0 saturated heterocycles. The van der Waals surface area contributed by atoms with Gasteiger partial charge in [0.15, 0.2) is 0 Å². The van der Waals surface area contributed by atoms with Gasteiger partial charge in [0, 0.05) is 18.2 Å². The van der Waals surface area contributed by atoms with Crippen LogP contribution in [0, 0.1) is 0 Å². The highest BCUT2D eigenvalue weighted by molar-refractivity contribution is 7.80. The van der Waals surface area contributed by atoms with Crippen molar-refractivity contribution < 1.29 is 4.79 Å². The number of anilines is 1. The highest BCUT2D eigenvalue weighted by Gasteiger charge is 2.22. The molecule has 0 aliphatic carbocycles. The molecule has 4 nitrogen and oxygen atoms in total. The van der Waals surface area contributed by atoms with Gasteiger partial charge in [-0.2, -0.15) is 0 Å². The van der Waals surface area contributed by atoms with Crippen molar-refractivity contribution in [3.63, 3.8) is 0 Å². The summed E-state index contributed by atoms with van der Waals surface area (Å²) in [5.74, 6) is -0.0384. The van der Waals surface area contributed by atoms with E-state index in [1.54, 1.807) is 0 Å². The third-order valence-electron chi connectivity index (χ3n) is 3.22. The third-order valence-corrected chi connectivity index (χ3v) is 3.39.